The molecule has 1 aliphatic carbocycles. The van der Waals surface area contributed by atoms with Gasteiger partial charge in [0.15, 0.2) is 11.3 Å². The standard InChI is InChI=1S/C20H22N4O5S2/c1-13(17(25)22-20(12-21)7-3-2-4-8-20)29-18(26)14-5-6-15-16(11-14)30-19-23-31(27,28)10-9-24(15)19/h5-6,11,13H,2-4,7-10H2,1H3,(H,22,25). The first kappa shape index (κ1) is 21.6. The van der Waals surface area contributed by atoms with E-state index in [1.807, 2.05) is 0 Å². The SMILES string of the molecule is CC(OC(=O)c1ccc2c(c1)SC1=NS(=O)(=O)CCN12)C(=O)NC1(C#N)CCCCC1. The van der Waals surface area contributed by atoms with Gasteiger partial charge >= 0.3 is 5.97 Å². The molecule has 1 fully saturated rings. The van der Waals surface area contributed by atoms with E-state index in [4.69, 9.17) is 4.74 Å². The molecule has 0 aromatic heterocycles. The molecule has 0 radical (unpaired) electrons. The number of nitriles is 1. The molecule has 0 spiro atoms. The number of sulfonamides is 1. The molecule has 1 aromatic carbocycles. The van der Waals surface area contributed by atoms with Crippen LogP contribution in [-0.4, -0.2) is 49.4 Å². The number of hydrogen-bond acceptors (Lipinski definition) is 8. The second kappa shape index (κ2) is 8.16. The van der Waals surface area contributed by atoms with Crippen molar-refractivity contribution in [1.29, 1.82) is 5.26 Å². The summed E-state index contributed by atoms with van der Waals surface area (Å²) in [5, 5.41) is 12.6. The van der Waals surface area contributed by atoms with E-state index >= 15 is 0 Å². The van der Waals surface area contributed by atoms with Gasteiger partial charge in [-0.05, 0) is 49.7 Å². The van der Waals surface area contributed by atoms with Crippen LogP contribution >= 0.6 is 11.8 Å². The molecule has 1 unspecified atom stereocenters. The molecule has 1 N–H and O–H groups in total. The van der Waals surface area contributed by atoms with Gasteiger partial charge in [0.2, 0.25) is 0 Å². The summed E-state index contributed by atoms with van der Waals surface area (Å²) in [5.74, 6) is -1.22. The lowest BCUT2D eigenvalue weighted by Crippen LogP contribution is -2.52. The van der Waals surface area contributed by atoms with Crippen LogP contribution in [0.4, 0.5) is 5.69 Å². The van der Waals surface area contributed by atoms with Crippen LogP contribution in [0.1, 0.15) is 49.4 Å². The minimum atomic E-state index is -3.46. The molecule has 31 heavy (non-hydrogen) atoms. The highest BCUT2D eigenvalue weighted by molar-refractivity contribution is 8.15. The minimum absolute atomic E-state index is 0.0584. The molecule has 1 atom stereocenters. The van der Waals surface area contributed by atoms with E-state index in [0.717, 1.165) is 24.9 Å². The fourth-order valence-corrected chi connectivity index (χ4v) is 6.19. The van der Waals surface area contributed by atoms with Crippen LogP contribution in [0.3, 0.4) is 0 Å². The number of hydrogen-bond donors (Lipinski definition) is 1. The maximum absolute atomic E-state index is 12.6. The summed E-state index contributed by atoms with van der Waals surface area (Å²) in [6.45, 7) is 1.78. The Bertz CT molecular complexity index is 1100. The van der Waals surface area contributed by atoms with E-state index in [-0.39, 0.29) is 11.3 Å². The number of esters is 1. The summed E-state index contributed by atoms with van der Waals surface area (Å²) in [7, 11) is -3.46. The third kappa shape index (κ3) is 4.41. The van der Waals surface area contributed by atoms with Crippen LogP contribution in [0.15, 0.2) is 27.5 Å². The highest BCUT2D eigenvalue weighted by atomic mass is 32.2. The summed E-state index contributed by atoms with van der Waals surface area (Å²) in [6, 6.07) is 7.12. The van der Waals surface area contributed by atoms with Crippen LogP contribution in [-0.2, 0) is 19.6 Å². The largest absolute Gasteiger partial charge is 0.449 e. The second-order valence-corrected chi connectivity index (χ2v) is 10.7. The van der Waals surface area contributed by atoms with Gasteiger partial charge in [-0.2, -0.15) is 5.26 Å². The van der Waals surface area contributed by atoms with Crippen molar-refractivity contribution >= 4 is 44.5 Å². The molecule has 2 aliphatic heterocycles. The Morgan fingerprint density at radius 3 is 2.77 bits per heavy atom. The van der Waals surface area contributed by atoms with E-state index in [2.05, 4.69) is 15.8 Å². The summed E-state index contributed by atoms with van der Waals surface area (Å²) < 4.78 is 32.6. The van der Waals surface area contributed by atoms with Crippen molar-refractivity contribution in [1.82, 2.24) is 5.32 Å². The third-order valence-corrected chi connectivity index (χ3v) is 7.95. The smallest absolute Gasteiger partial charge is 0.338 e. The number of fused-ring (bicyclic) bond motifs is 3. The summed E-state index contributed by atoms with van der Waals surface area (Å²) in [6.07, 6.45) is 2.91. The number of carbonyl (C=O) groups is 2. The highest BCUT2D eigenvalue weighted by Crippen LogP contribution is 2.42. The molecule has 0 bridgehead atoms. The quantitative estimate of drug-likeness (QED) is 0.674. The minimum Gasteiger partial charge on any atom is -0.449 e. The normalized spacial score (nSPS) is 21.7. The molecule has 9 nitrogen and oxygen atoms in total. The predicted octanol–water partition coefficient (Wildman–Crippen LogP) is 2.19. The van der Waals surface area contributed by atoms with Gasteiger partial charge in [0, 0.05) is 11.4 Å². The number of amides is 1. The van der Waals surface area contributed by atoms with Crippen molar-refractivity contribution in [2.24, 2.45) is 4.40 Å². The predicted molar refractivity (Wildman–Crippen MR) is 115 cm³/mol. The van der Waals surface area contributed by atoms with Crippen molar-refractivity contribution in [3.63, 3.8) is 0 Å². The fraction of sp³-hybridized carbons (Fsp3) is 0.500. The van der Waals surface area contributed by atoms with E-state index < -0.39 is 33.5 Å². The lowest BCUT2D eigenvalue weighted by molar-refractivity contribution is -0.130. The van der Waals surface area contributed by atoms with Crippen LogP contribution in [0.5, 0.6) is 0 Å². The summed E-state index contributed by atoms with van der Waals surface area (Å²) in [5.41, 5.74) is 0.141. The average Bonchev–Trinajstić information content (AvgIpc) is 3.09. The van der Waals surface area contributed by atoms with E-state index in [1.165, 1.54) is 18.7 Å². The molecule has 2 heterocycles. The molecular formula is C20H22N4O5S2. The lowest BCUT2D eigenvalue weighted by atomic mass is 9.83. The van der Waals surface area contributed by atoms with Gasteiger partial charge in [-0.15, -0.1) is 4.40 Å². The van der Waals surface area contributed by atoms with Crippen LogP contribution in [0.25, 0.3) is 0 Å². The fourth-order valence-electron chi connectivity index (χ4n) is 3.90. The zero-order chi connectivity index (χ0) is 22.2. The van der Waals surface area contributed by atoms with E-state index in [1.54, 1.807) is 23.1 Å². The summed E-state index contributed by atoms with van der Waals surface area (Å²) >= 11 is 1.18. The molecule has 0 saturated heterocycles. The number of thioether (sulfide) groups is 1. The summed E-state index contributed by atoms with van der Waals surface area (Å²) in [4.78, 5) is 27.6. The number of nitrogens with zero attached hydrogens (tertiary/aromatic N) is 3. The second-order valence-electron chi connectivity index (χ2n) is 7.89. The van der Waals surface area contributed by atoms with Crippen molar-refractivity contribution < 1.29 is 22.7 Å². The molecule has 1 saturated carbocycles. The molecule has 164 valence electrons. The van der Waals surface area contributed by atoms with Crippen LogP contribution in [0, 0.1) is 11.3 Å². The van der Waals surface area contributed by atoms with Gasteiger partial charge in [-0.3, -0.25) is 4.79 Å². The molecule has 3 aliphatic rings. The number of nitrogens with one attached hydrogen (secondary N) is 1. The number of anilines is 1. The Balaban J connectivity index is 1.43. The third-order valence-electron chi connectivity index (χ3n) is 5.65. The van der Waals surface area contributed by atoms with Gasteiger partial charge in [-0.1, -0.05) is 19.3 Å². The molecule has 11 heteroatoms. The van der Waals surface area contributed by atoms with Crippen LogP contribution in [0.2, 0.25) is 0 Å². The maximum atomic E-state index is 12.6. The Labute approximate surface area is 184 Å². The van der Waals surface area contributed by atoms with Gasteiger partial charge < -0.3 is 15.0 Å². The first-order valence-electron chi connectivity index (χ1n) is 10.1. The van der Waals surface area contributed by atoms with Gasteiger partial charge in [0.05, 0.1) is 23.1 Å². The number of amidine groups is 1. The Hall–Kier alpha value is -2.58. The average molecular weight is 463 g/mol. The van der Waals surface area contributed by atoms with Gasteiger partial charge in [0.25, 0.3) is 15.9 Å². The van der Waals surface area contributed by atoms with Gasteiger partial charge in [0.1, 0.15) is 5.54 Å². The van der Waals surface area contributed by atoms with Crippen molar-refractivity contribution in [3.05, 3.63) is 23.8 Å². The molecule has 1 amide bonds. The molecular weight excluding hydrogens is 440 g/mol. The number of carbonyl (C=O) groups excluding carboxylic acids is 2. The van der Waals surface area contributed by atoms with Crippen LogP contribution < -0.4 is 10.2 Å². The zero-order valence-electron chi connectivity index (χ0n) is 17.0. The topological polar surface area (TPSA) is 129 Å². The van der Waals surface area contributed by atoms with Crippen molar-refractivity contribution in [2.75, 3.05) is 17.2 Å². The van der Waals surface area contributed by atoms with Gasteiger partial charge in [-0.25, -0.2) is 13.2 Å². The highest BCUT2D eigenvalue weighted by Gasteiger charge is 2.36. The number of rotatable bonds is 4. The maximum Gasteiger partial charge on any atom is 0.338 e. The Kier molecular flexibility index (Phi) is 5.70. The Morgan fingerprint density at radius 1 is 1.32 bits per heavy atom. The lowest BCUT2D eigenvalue weighted by Gasteiger charge is -2.32. The number of benzene rings is 1. The van der Waals surface area contributed by atoms with E-state index in [0.29, 0.717) is 29.4 Å². The monoisotopic (exact) mass is 462 g/mol. The first-order valence-corrected chi connectivity index (χ1v) is 12.5. The molecule has 4 rings (SSSR count). The zero-order valence-corrected chi connectivity index (χ0v) is 18.6. The number of ether oxygens (including phenoxy) is 1. The first-order chi connectivity index (χ1) is 14.7. The molecule has 1 aromatic rings. The Morgan fingerprint density at radius 2 is 2.06 bits per heavy atom. The van der Waals surface area contributed by atoms with Crippen molar-refractivity contribution in [2.45, 2.75) is 55.6 Å². The van der Waals surface area contributed by atoms with Crippen molar-refractivity contribution in [3.8, 4) is 6.07 Å². The van der Waals surface area contributed by atoms with E-state index in [9.17, 15) is 23.3 Å².